The van der Waals surface area contributed by atoms with Crippen LogP contribution < -0.4 is 10.1 Å². The van der Waals surface area contributed by atoms with E-state index >= 15 is 0 Å². The second-order valence-corrected chi connectivity index (χ2v) is 6.53. The molecule has 1 amide bonds. The molecule has 1 N–H and O–H groups in total. The summed E-state index contributed by atoms with van der Waals surface area (Å²) in [6.07, 6.45) is -4.46. The van der Waals surface area contributed by atoms with E-state index in [1.165, 1.54) is 6.92 Å². The highest BCUT2D eigenvalue weighted by molar-refractivity contribution is 8.00. The third-order valence-corrected chi connectivity index (χ3v) is 3.92. The Morgan fingerprint density at radius 2 is 2.04 bits per heavy atom. The third kappa shape index (κ3) is 6.83. The second-order valence-electron chi connectivity index (χ2n) is 4.80. The van der Waals surface area contributed by atoms with Crippen LogP contribution in [0.4, 0.5) is 13.2 Å². The molecule has 11 heteroatoms. The van der Waals surface area contributed by atoms with E-state index in [0.29, 0.717) is 10.8 Å². The van der Waals surface area contributed by atoms with Crippen molar-refractivity contribution in [1.82, 2.24) is 15.5 Å². The standard InChI is InChI=1S/C14H13ClF3N3O3S/c1-8(12(22)19-7-14(16,17)18)25-13-21-20-11(24-13)6-23-10-4-2-9(15)3-5-10/h2-5,8H,6-7H2,1H3,(H,19,22). The van der Waals surface area contributed by atoms with Crippen molar-refractivity contribution in [2.24, 2.45) is 0 Å². The summed E-state index contributed by atoms with van der Waals surface area (Å²) in [5.41, 5.74) is 0. The van der Waals surface area contributed by atoms with Gasteiger partial charge in [-0.1, -0.05) is 23.4 Å². The van der Waals surface area contributed by atoms with E-state index in [1.807, 2.05) is 0 Å². The summed E-state index contributed by atoms with van der Waals surface area (Å²) in [7, 11) is 0. The Bertz CT molecular complexity index is 709. The van der Waals surface area contributed by atoms with Crippen LogP contribution in [0.5, 0.6) is 5.75 Å². The average Bonchev–Trinajstić information content (AvgIpc) is 2.98. The number of thioether (sulfide) groups is 1. The van der Waals surface area contributed by atoms with Gasteiger partial charge in [-0.2, -0.15) is 13.2 Å². The summed E-state index contributed by atoms with van der Waals surface area (Å²) in [5.74, 6) is -0.0588. The highest BCUT2D eigenvalue weighted by atomic mass is 35.5. The predicted octanol–water partition coefficient (Wildman–Crippen LogP) is 3.46. The molecule has 1 aromatic carbocycles. The number of aromatic nitrogens is 2. The van der Waals surface area contributed by atoms with E-state index in [1.54, 1.807) is 29.6 Å². The number of nitrogens with zero attached hydrogens (tertiary/aromatic N) is 2. The fourth-order valence-corrected chi connectivity index (χ4v) is 2.41. The molecule has 1 aromatic heterocycles. The van der Waals surface area contributed by atoms with Crippen molar-refractivity contribution in [3.05, 3.63) is 35.2 Å². The molecule has 0 aliphatic carbocycles. The molecule has 0 saturated carbocycles. The summed E-state index contributed by atoms with van der Waals surface area (Å²) < 4.78 is 46.9. The number of amides is 1. The highest BCUT2D eigenvalue weighted by Gasteiger charge is 2.29. The molecule has 0 bridgehead atoms. The van der Waals surface area contributed by atoms with Gasteiger partial charge in [0.2, 0.25) is 5.91 Å². The lowest BCUT2D eigenvalue weighted by Gasteiger charge is -2.11. The Kier molecular flexibility index (Phi) is 6.54. The van der Waals surface area contributed by atoms with Crippen LogP contribution in [0.2, 0.25) is 5.02 Å². The van der Waals surface area contributed by atoms with Gasteiger partial charge in [0.25, 0.3) is 11.1 Å². The molecule has 1 heterocycles. The Morgan fingerprint density at radius 1 is 1.36 bits per heavy atom. The fourth-order valence-electron chi connectivity index (χ4n) is 1.56. The van der Waals surface area contributed by atoms with Crippen molar-refractivity contribution < 1.29 is 27.1 Å². The van der Waals surface area contributed by atoms with Crippen molar-refractivity contribution in [1.29, 1.82) is 0 Å². The number of carbonyl (C=O) groups is 1. The first-order valence-corrected chi connectivity index (χ1v) is 8.20. The van der Waals surface area contributed by atoms with Gasteiger partial charge in [-0.15, -0.1) is 10.2 Å². The highest BCUT2D eigenvalue weighted by Crippen LogP contribution is 2.23. The van der Waals surface area contributed by atoms with Gasteiger partial charge in [-0.05, 0) is 31.2 Å². The van der Waals surface area contributed by atoms with Gasteiger partial charge < -0.3 is 14.5 Å². The largest absolute Gasteiger partial charge is 0.484 e. The zero-order valence-corrected chi connectivity index (χ0v) is 14.4. The normalized spacial score (nSPS) is 12.7. The number of halogens is 4. The van der Waals surface area contributed by atoms with Crippen LogP contribution in [0.1, 0.15) is 12.8 Å². The Morgan fingerprint density at radius 3 is 2.68 bits per heavy atom. The lowest BCUT2D eigenvalue weighted by atomic mass is 10.3. The van der Waals surface area contributed by atoms with Gasteiger partial charge in [0.1, 0.15) is 12.3 Å². The molecular formula is C14H13ClF3N3O3S. The van der Waals surface area contributed by atoms with E-state index in [0.717, 1.165) is 11.8 Å². The lowest BCUT2D eigenvalue weighted by Crippen LogP contribution is -2.37. The molecule has 0 spiro atoms. The van der Waals surface area contributed by atoms with Gasteiger partial charge in [0.15, 0.2) is 6.61 Å². The summed E-state index contributed by atoms with van der Waals surface area (Å²) in [4.78, 5) is 11.6. The summed E-state index contributed by atoms with van der Waals surface area (Å²) in [6.45, 7) is 0.0506. The Hall–Kier alpha value is -1.94. The molecule has 1 unspecified atom stereocenters. The molecule has 2 aromatic rings. The monoisotopic (exact) mass is 395 g/mol. The van der Waals surface area contributed by atoms with Crippen molar-refractivity contribution in [3.8, 4) is 5.75 Å². The van der Waals surface area contributed by atoms with Gasteiger partial charge in [-0.3, -0.25) is 4.79 Å². The fraction of sp³-hybridized carbons (Fsp3) is 0.357. The van der Waals surface area contributed by atoms with Crippen LogP contribution in [-0.2, 0) is 11.4 Å². The number of hydrogen-bond donors (Lipinski definition) is 1. The summed E-state index contributed by atoms with van der Waals surface area (Å²) >= 11 is 6.61. The quantitative estimate of drug-likeness (QED) is 0.723. The average molecular weight is 396 g/mol. The molecule has 0 aliphatic rings. The predicted molar refractivity (Wildman–Crippen MR) is 84.5 cm³/mol. The Labute approximate surface area is 150 Å². The zero-order chi connectivity index (χ0) is 18.4. The first-order chi connectivity index (χ1) is 11.7. The third-order valence-electron chi connectivity index (χ3n) is 2.73. The molecule has 6 nitrogen and oxygen atoms in total. The van der Waals surface area contributed by atoms with Crippen LogP contribution >= 0.6 is 23.4 Å². The van der Waals surface area contributed by atoms with Crippen LogP contribution in [-0.4, -0.2) is 34.1 Å². The molecule has 0 radical (unpaired) electrons. The molecule has 25 heavy (non-hydrogen) atoms. The minimum absolute atomic E-state index is 0.00381. The topological polar surface area (TPSA) is 77.2 Å². The van der Waals surface area contributed by atoms with E-state index in [9.17, 15) is 18.0 Å². The van der Waals surface area contributed by atoms with Gasteiger partial charge >= 0.3 is 6.18 Å². The van der Waals surface area contributed by atoms with Gasteiger partial charge in [0.05, 0.1) is 5.25 Å². The molecule has 0 aliphatic heterocycles. The maximum absolute atomic E-state index is 12.1. The number of alkyl halides is 3. The number of ether oxygens (including phenoxy) is 1. The second kappa shape index (κ2) is 8.43. The number of carbonyl (C=O) groups excluding carboxylic acids is 1. The molecule has 1 atom stereocenters. The minimum Gasteiger partial charge on any atom is -0.484 e. The van der Waals surface area contributed by atoms with Crippen LogP contribution in [0.15, 0.2) is 33.9 Å². The number of benzene rings is 1. The maximum Gasteiger partial charge on any atom is 0.405 e. The van der Waals surface area contributed by atoms with Gasteiger partial charge in [0, 0.05) is 5.02 Å². The first-order valence-electron chi connectivity index (χ1n) is 6.95. The van der Waals surface area contributed by atoms with E-state index in [2.05, 4.69) is 10.2 Å². The number of rotatable bonds is 7. The van der Waals surface area contributed by atoms with Crippen molar-refractivity contribution in [3.63, 3.8) is 0 Å². The molecule has 136 valence electrons. The van der Waals surface area contributed by atoms with Crippen LogP contribution in [0, 0.1) is 0 Å². The molecular weight excluding hydrogens is 383 g/mol. The maximum atomic E-state index is 12.1. The van der Waals surface area contributed by atoms with Crippen molar-refractivity contribution in [2.75, 3.05) is 6.54 Å². The number of hydrogen-bond acceptors (Lipinski definition) is 6. The smallest absolute Gasteiger partial charge is 0.405 e. The molecule has 2 rings (SSSR count). The molecule has 0 saturated heterocycles. The molecule has 0 fully saturated rings. The van der Waals surface area contributed by atoms with Crippen LogP contribution in [0.3, 0.4) is 0 Å². The van der Waals surface area contributed by atoms with Crippen molar-refractivity contribution in [2.45, 2.75) is 30.2 Å². The Balaban J connectivity index is 1.82. The first kappa shape index (κ1) is 19.4. The lowest BCUT2D eigenvalue weighted by molar-refractivity contribution is -0.137. The van der Waals surface area contributed by atoms with Crippen LogP contribution in [0.25, 0.3) is 0 Å². The summed E-state index contributed by atoms with van der Waals surface area (Å²) in [5, 5.41) is 9.06. The zero-order valence-electron chi connectivity index (χ0n) is 12.8. The summed E-state index contributed by atoms with van der Waals surface area (Å²) in [6, 6.07) is 6.66. The van der Waals surface area contributed by atoms with E-state index in [-0.39, 0.29) is 17.7 Å². The number of nitrogens with one attached hydrogen (secondary N) is 1. The van der Waals surface area contributed by atoms with Gasteiger partial charge in [-0.25, -0.2) is 0 Å². The van der Waals surface area contributed by atoms with E-state index in [4.69, 9.17) is 20.8 Å². The van der Waals surface area contributed by atoms with E-state index < -0.39 is 23.9 Å². The SMILES string of the molecule is CC(Sc1nnc(COc2ccc(Cl)cc2)o1)C(=O)NCC(F)(F)F. The minimum atomic E-state index is -4.46. The van der Waals surface area contributed by atoms with Crippen molar-refractivity contribution >= 4 is 29.3 Å².